The molecule has 2 amide bonds. The third-order valence-electron chi connectivity index (χ3n) is 4.78. The number of aliphatic carboxylic acids is 1. The Morgan fingerprint density at radius 2 is 1.79 bits per heavy atom. The summed E-state index contributed by atoms with van der Waals surface area (Å²) in [7, 11) is 0. The lowest BCUT2D eigenvalue weighted by Crippen LogP contribution is -2.44. The average molecular weight is 572 g/mol. The number of aliphatic hydroxyl groups excluding tert-OH is 3. The number of pyridine rings is 1. The van der Waals surface area contributed by atoms with Gasteiger partial charge in [0.25, 0.3) is 5.25 Å². The van der Waals surface area contributed by atoms with Crippen molar-refractivity contribution in [3.05, 3.63) is 66.0 Å². The molecule has 1 aliphatic rings. The highest BCUT2D eigenvalue weighted by molar-refractivity contribution is 6.22. The highest BCUT2D eigenvalue weighted by Crippen LogP contribution is 2.31. The van der Waals surface area contributed by atoms with Crippen molar-refractivity contribution in [3.63, 3.8) is 0 Å². The van der Waals surface area contributed by atoms with E-state index in [2.05, 4.69) is 15.0 Å². The molecule has 1 aromatic carbocycles. The number of amides is 2. The van der Waals surface area contributed by atoms with Crippen molar-refractivity contribution in [2.75, 3.05) is 6.61 Å². The number of rotatable bonds is 6. The van der Waals surface area contributed by atoms with Crippen molar-refractivity contribution < 1.29 is 49.4 Å². The maximum Gasteiger partial charge on any atom is 0.408 e. The predicted molar refractivity (Wildman–Crippen MR) is 138 cm³/mol. The molecule has 13 nitrogen and oxygen atoms in total. The molecule has 0 radical (unpaired) electrons. The van der Waals surface area contributed by atoms with Crippen LogP contribution in [0.4, 0.5) is 4.79 Å². The summed E-state index contributed by atoms with van der Waals surface area (Å²) in [4.78, 5) is 36.8. The first-order valence-corrected chi connectivity index (χ1v) is 12.0. The van der Waals surface area contributed by atoms with Gasteiger partial charge in [-0.15, -0.1) is 0 Å². The SMILES string of the molecule is CC(C)(C)OC(=O)N[C@@H](Cc1ccccc1)C(=O)O.NC(=O)c1cccnc1.OC[C@H]1OC(O)(Cl)[C@H](O)[C@@H]1O. The van der Waals surface area contributed by atoms with Crippen molar-refractivity contribution in [1.29, 1.82) is 0 Å². The van der Waals surface area contributed by atoms with Crippen LogP contribution in [0.1, 0.15) is 36.7 Å². The van der Waals surface area contributed by atoms with Gasteiger partial charge >= 0.3 is 12.1 Å². The van der Waals surface area contributed by atoms with E-state index in [1.54, 1.807) is 39.1 Å². The molecule has 0 bridgehead atoms. The van der Waals surface area contributed by atoms with Gasteiger partial charge in [-0.1, -0.05) is 41.9 Å². The van der Waals surface area contributed by atoms with Crippen LogP contribution in [0, 0.1) is 0 Å². The number of aliphatic hydroxyl groups is 4. The maximum atomic E-state index is 11.6. The molecule has 1 aromatic heterocycles. The minimum Gasteiger partial charge on any atom is -0.480 e. The topological polar surface area (TPSA) is 222 Å². The summed E-state index contributed by atoms with van der Waals surface area (Å²) in [5.41, 5.74) is 5.56. The molecule has 1 aliphatic heterocycles. The van der Waals surface area contributed by atoms with Crippen LogP contribution >= 0.6 is 11.6 Å². The number of nitrogens with zero attached hydrogens (tertiary/aromatic N) is 1. The Labute approximate surface area is 230 Å². The minimum atomic E-state index is -2.28. The third kappa shape index (κ3) is 12.4. The Hall–Kier alpha value is -3.33. The number of primary amides is 1. The van der Waals surface area contributed by atoms with Crippen molar-refractivity contribution in [3.8, 4) is 0 Å². The number of alkyl halides is 1. The van der Waals surface area contributed by atoms with Crippen molar-refractivity contribution in [2.24, 2.45) is 5.73 Å². The number of ether oxygens (including phenoxy) is 2. The van der Waals surface area contributed by atoms with E-state index < -0.39 is 59.8 Å². The average Bonchev–Trinajstić information content (AvgIpc) is 3.06. The number of carbonyl (C=O) groups excluding carboxylic acids is 2. The van der Waals surface area contributed by atoms with Crippen LogP contribution in [0.25, 0.3) is 0 Å². The molecule has 1 saturated heterocycles. The van der Waals surface area contributed by atoms with Gasteiger partial charge < -0.3 is 46.1 Å². The molecule has 8 N–H and O–H groups in total. The number of hydrogen-bond donors (Lipinski definition) is 7. The fraction of sp³-hybridized carbons (Fsp3) is 0.440. The molecular formula is C25H34ClN3O10. The largest absolute Gasteiger partial charge is 0.480 e. The Morgan fingerprint density at radius 1 is 1.18 bits per heavy atom. The number of benzene rings is 1. The molecule has 1 fully saturated rings. The standard InChI is InChI=1S/C14H19NO4.C6H6N2O.C5H9ClO5/c1-14(2,3)19-13(18)15-11(12(16)17)9-10-7-5-4-6-8-10;7-6(9)5-2-1-3-8-4-5;6-5(10)4(9)3(8)2(1-7)11-5/h4-8,11H,9H2,1-3H3,(H,15,18)(H,16,17);1-4H,(H2,7,9);2-4,7-10H,1H2/t11-;;2-,3-,4-,5?/m0.1/s1. The third-order valence-corrected chi connectivity index (χ3v) is 5.10. The Balaban J connectivity index is 0.000000320. The van der Waals surface area contributed by atoms with Gasteiger partial charge in [0.15, 0.2) is 6.10 Å². The van der Waals surface area contributed by atoms with Crippen LogP contribution in [-0.4, -0.2) is 90.3 Å². The van der Waals surface area contributed by atoms with Crippen molar-refractivity contribution in [2.45, 2.75) is 62.4 Å². The second-order valence-corrected chi connectivity index (χ2v) is 9.76. The first-order chi connectivity index (χ1) is 18.1. The number of carboxylic acid groups (broad SMARTS) is 1. The molecule has 5 atom stereocenters. The molecule has 2 heterocycles. The number of nitrogens with two attached hydrogens (primary N) is 1. The second-order valence-electron chi connectivity index (χ2n) is 9.22. The lowest BCUT2D eigenvalue weighted by molar-refractivity contribution is -0.169. The summed E-state index contributed by atoms with van der Waals surface area (Å²) < 4.78 is 9.54. The monoisotopic (exact) mass is 571 g/mol. The van der Waals surface area contributed by atoms with Gasteiger partial charge in [0.2, 0.25) is 5.91 Å². The molecule has 0 aliphatic carbocycles. The summed E-state index contributed by atoms with van der Waals surface area (Å²) in [6.07, 6.45) is -1.48. The van der Waals surface area contributed by atoms with Crippen molar-refractivity contribution >= 4 is 29.6 Å². The molecule has 2 aromatic rings. The summed E-state index contributed by atoms with van der Waals surface area (Å²) in [5.74, 6) is -1.53. The van der Waals surface area contributed by atoms with E-state index in [9.17, 15) is 14.4 Å². The molecule has 216 valence electrons. The number of halogens is 1. The van der Waals surface area contributed by atoms with Crippen LogP contribution in [0.2, 0.25) is 0 Å². The van der Waals surface area contributed by atoms with Gasteiger partial charge in [-0.25, -0.2) is 9.59 Å². The molecule has 39 heavy (non-hydrogen) atoms. The molecule has 1 unspecified atom stereocenters. The zero-order chi connectivity index (χ0) is 29.8. The van der Waals surface area contributed by atoms with E-state index in [-0.39, 0.29) is 6.42 Å². The molecule has 3 rings (SSSR count). The zero-order valence-electron chi connectivity index (χ0n) is 21.6. The highest BCUT2D eigenvalue weighted by Gasteiger charge is 2.52. The van der Waals surface area contributed by atoms with E-state index in [0.717, 1.165) is 5.56 Å². The van der Waals surface area contributed by atoms with Crippen molar-refractivity contribution in [1.82, 2.24) is 10.3 Å². The minimum absolute atomic E-state index is 0.218. The fourth-order valence-electron chi connectivity index (χ4n) is 2.92. The maximum absolute atomic E-state index is 11.6. The number of alkyl carbamates (subject to hydrolysis) is 1. The molecule has 14 heteroatoms. The molecular weight excluding hydrogens is 538 g/mol. The molecule has 0 saturated carbocycles. The summed E-state index contributed by atoms with van der Waals surface area (Å²) >= 11 is 5.20. The number of carboxylic acids is 1. The van der Waals surface area contributed by atoms with E-state index in [1.165, 1.54) is 6.20 Å². The van der Waals surface area contributed by atoms with E-state index in [0.29, 0.717) is 5.56 Å². The first-order valence-electron chi connectivity index (χ1n) is 11.6. The van der Waals surface area contributed by atoms with Crippen LogP contribution < -0.4 is 11.1 Å². The van der Waals surface area contributed by atoms with E-state index in [4.69, 9.17) is 47.6 Å². The van der Waals surface area contributed by atoms with Gasteiger partial charge in [0.1, 0.15) is 23.9 Å². The summed E-state index contributed by atoms with van der Waals surface area (Å²) in [5, 5.41) is 44.6. The smallest absolute Gasteiger partial charge is 0.408 e. The Kier molecular flexibility index (Phi) is 13.2. The Bertz CT molecular complexity index is 1050. The van der Waals surface area contributed by atoms with Crippen LogP contribution in [-0.2, 0) is 20.7 Å². The van der Waals surface area contributed by atoms with Gasteiger partial charge in [-0.3, -0.25) is 9.78 Å². The zero-order valence-corrected chi connectivity index (χ0v) is 22.4. The number of nitrogens with one attached hydrogen (secondary N) is 1. The lowest BCUT2D eigenvalue weighted by Gasteiger charge is -2.22. The van der Waals surface area contributed by atoms with Crippen LogP contribution in [0.15, 0.2) is 54.9 Å². The van der Waals surface area contributed by atoms with Crippen LogP contribution in [0.5, 0.6) is 0 Å². The summed E-state index contributed by atoms with van der Waals surface area (Å²) in [6, 6.07) is 11.4. The van der Waals surface area contributed by atoms with E-state index in [1.807, 2.05) is 30.3 Å². The van der Waals surface area contributed by atoms with Gasteiger partial charge in [0.05, 0.1) is 12.2 Å². The number of aromatic nitrogens is 1. The second kappa shape index (κ2) is 15.3. The van der Waals surface area contributed by atoms with E-state index >= 15 is 0 Å². The Morgan fingerprint density at radius 3 is 2.15 bits per heavy atom. The van der Waals surface area contributed by atoms with Gasteiger partial charge in [-0.2, -0.15) is 0 Å². The summed E-state index contributed by atoms with van der Waals surface area (Å²) in [6.45, 7) is 4.66. The van der Waals surface area contributed by atoms with Crippen LogP contribution in [0.3, 0.4) is 0 Å². The lowest BCUT2D eigenvalue weighted by atomic mass is 10.1. The highest BCUT2D eigenvalue weighted by atomic mass is 35.5. The number of carbonyl (C=O) groups is 3. The fourth-order valence-corrected chi connectivity index (χ4v) is 3.16. The number of hydrogen-bond acceptors (Lipinski definition) is 10. The quantitative estimate of drug-likeness (QED) is 0.235. The van der Waals surface area contributed by atoms with Gasteiger partial charge in [-0.05, 0) is 38.5 Å². The van der Waals surface area contributed by atoms with Gasteiger partial charge in [0, 0.05) is 18.8 Å². The predicted octanol–water partition coefficient (Wildman–Crippen LogP) is 0.372. The first kappa shape index (κ1) is 33.7. The molecule has 0 spiro atoms. The normalized spacial score (nSPS) is 22.7.